The zero-order chi connectivity index (χ0) is 13.8. The van der Waals surface area contributed by atoms with Crippen molar-refractivity contribution in [1.82, 2.24) is 4.90 Å². The molecule has 0 aliphatic heterocycles. The number of unbranched alkanes of at least 4 members (excludes halogenated alkanes) is 4. The fourth-order valence-corrected chi connectivity index (χ4v) is 1.65. The summed E-state index contributed by atoms with van der Waals surface area (Å²) in [6.07, 6.45) is 4.52. The fraction of sp³-hybridized carbons (Fsp3) is 0.833. The zero-order valence-electron chi connectivity index (χ0n) is 10.8. The predicted molar refractivity (Wildman–Crippen MR) is 67.6 cm³/mol. The predicted octanol–water partition coefficient (Wildman–Crippen LogP) is -0.375. The van der Waals surface area contributed by atoms with Gasteiger partial charge in [-0.3, -0.25) is 9.59 Å². The number of nitrogens with zero attached hydrogens (tertiary/aromatic N) is 1. The first-order chi connectivity index (χ1) is 8.63. The second-order valence-electron chi connectivity index (χ2n) is 4.22. The standard InChI is InChI=1S/C12H24N2O4/c13-11(17)12(18)14(7-3-1-5-9-15)8-4-2-6-10-16/h15-16H,1-10H2,(H2,13,17). The molecule has 18 heavy (non-hydrogen) atoms. The largest absolute Gasteiger partial charge is 0.396 e. The van der Waals surface area contributed by atoms with E-state index in [1.165, 1.54) is 4.90 Å². The van der Waals surface area contributed by atoms with E-state index in [0.29, 0.717) is 25.9 Å². The van der Waals surface area contributed by atoms with Crippen molar-refractivity contribution in [2.75, 3.05) is 26.3 Å². The second-order valence-corrected chi connectivity index (χ2v) is 4.22. The molecule has 6 heteroatoms. The molecule has 0 saturated carbocycles. The first-order valence-corrected chi connectivity index (χ1v) is 6.44. The molecule has 4 N–H and O–H groups in total. The third-order valence-corrected chi connectivity index (χ3v) is 2.67. The average Bonchev–Trinajstić information content (AvgIpc) is 2.36. The number of nitrogens with two attached hydrogens (primary N) is 1. The van der Waals surface area contributed by atoms with Crippen LogP contribution in [0.5, 0.6) is 0 Å². The molecule has 106 valence electrons. The van der Waals surface area contributed by atoms with Crippen molar-refractivity contribution in [3.05, 3.63) is 0 Å². The van der Waals surface area contributed by atoms with Gasteiger partial charge in [-0.15, -0.1) is 0 Å². The number of aliphatic hydroxyl groups is 2. The van der Waals surface area contributed by atoms with E-state index in [9.17, 15) is 9.59 Å². The topological polar surface area (TPSA) is 104 Å². The van der Waals surface area contributed by atoms with Crippen molar-refractivity contribution in [1.29, 1.82) is 0 Å². The maximum atomic E-state index is 11.5. The summed E-state index contributed by atoms with van der Waals surface area (Å²) in [6, 6.07) is 0. The Kier molecular flexibility index (Phi) is 10.3. The van der Waals surface area contributed by atoms with E-state index in [1.54, 1.807) is 0 Å². The van der Waals surface area contributed by atoms with Crippen LogP contribution in [-0.2, 0) is 9.59 Å². The summed E-state index contributed by atoms with van der Waals surface area (Å²) in [4.78, 5) is 23.8. The van der Waals surface area contributed by atoms with Gasteiger partial charge in [0.1, 0.15) is 0 Å². The van der Waals surface area contributed by atoms with Gasteiger partial charge in [-0.05, 0) is 38.5 Å². The molecule has 0 rings (SSSR count). The van der Waals surface area contributed by atoms with E-state index in [0.717, 1.165) is 25.7 Å². The van der Waals surface area contributed by atoms with E-state index in [-0.39, 0.29) is 13.2 Å². The van der Waals surface area contributed by atoms with Crippen LogP contribution in [0.4, 0.5) is 0 Å². The summed E-state index contributed by atoms with van der Waals surface area (Å²) in [6.45, 7) is 1.25. The minimum Gasteiger partial charge on any atom is -0.396 e. The lowest BCUT2D eigenvalue weighted by molar-refractivity contribution is -0.144. The Morgan fingerprint density at radius 3 is 1.61 bits per heavy atom. The van der Waals surface area contributed by atoms with E-state index in [1.807, 2.05) is 0 Å². The minimum atomic E-state index is -0.931. The SMILES string of the molecule is NC(=O)C(=O)N(CCCCCO)CCCCCO. The minimum absolute atomic E-state index is 0.139. The molecular formula is C12H24N2O4. The van der Waals surface area contributed by atoms with Crippen LogP contribution in [0.25, 0.3) is 0 Å². The molecule has 0 bridgehead atoms. The molecule has 6 nitrogen and oxygen atoms in total. The highest BCUT2D eigenvalue weighted by atomic mass is 16.3. The number of primary amides is 1. The van der Waals surface area contributed by atoms with Gasteiger partial charge in [0.05, 0.1) is 0 Å². The van der Waals surface area contributed by atoms with Crippen LogP contribution in [0.2, 0.25) is 0 Å². The van der Waals surface area contributed by atoms with Crippen molar-refractivity contribution >= 4 is 11.8 Å². The van der Waals surface area contributed by atoms with Crippen LogP contribution in [0, 0.1) is 0 Å². The Morgan fingerprint density at radius 1 is 0.833 bits per heavy atom. The maximum absolute atomic E-state index is 11.5. The van der Waals surface area contributed by atoms with Gasteiger partial charge in [-0.1, -0.05) is 0 Å². The lowest BCUT2D eigenvalue weighted by Crippen LogP contribution is -2.41. The number of hydrogen-bond donors (Lipinski definition) is 3. The molecule has 0 spiro atoms. The van der Waals surface area contributed by atoms with Crippen molar-refractivity contribution in [3.8, 4) is 0 Å². The molecule has 0 radical (unpaired) electrons. The smallest absolute Gasteiger partial charge is 0.311 e. The Morgan fingerprint density at radius 2 is 1.28 bits per heavy atom. The third kappa shape index (κ3) is 8.03. The summed E-state index contributed by atoms with van der Waals surface area (Å²) < 4.78 is 0. The lowest BCUT2D eigenvalue weighted by Gasteiger charge is -2.21. The molecule has 0 fully saturated rings. The van der Waals surface area contributed by atoms with E-state index in [2.05, 4.69) is 0 Å². The highest BCUT2D eigenvalue weighted by Gasteiger charge is 2.17. The molecule has 0 atom stereocenters. The molecule has 0 heterocycles. The summed E-state index contributed by atoms with van der Waals surface area (Å²) >= 11 is 0. The van der Waals surface area contributed by atoms with E-state index in [4.69, 9.17) is 15.9 Å². The normalized spacial score (nSPS) is 10.3. The summed E-state index contributed by atoms with van der Waals surface area (Å²) in [5.74, 6) is -1.58. The molecule has 2 amide bonds. The van der Waals surface area contributed by atoms with Gasteiger partial charge >= 0.3 is 11.8 Å². The summed E-state index contributed by atoms with van der Waals surface area (Å²) in [5, 5.41) is 17.3. The number of hydrogen-bond acceptors (Lipinski definition) is 4. The van der Waals surface area contributed by atoms with Crippen LogP contribution >= 0.6 is 0 Å². The Labute approximate surface area is 108 Å². The maximum Gasteiger partial charge on any atom is 0.311 e. The van der Waals surface area contributed by atoms with Gasteiger partial charge in [-0.2, -0.15) is 0 Å². The van der Waals surface area contributed by atoms with Gasteiger partial charge in [0.15, 0.2) is 0 Å². The molecule has 0 aliphatic carbocycles. The third-order valence-electron chi connectivity index (χ3n) is 2.67. The van der Waals surface area contributed by atoms with Gasteiger partial charge in [0.25, 0.3) is 0 Å². The summed E-state index contributed by atoms with van der Waals surface area (Å²) in [7, 11) is 0. The summed E-state index contributed by atoms with van der Waals surface area (Å²) in [5.41, 5.74) is 4.99. The van der Waals surface area contributed by atoms with Crippen LogP contribution < -0.4 is 5.73 Å². The second kappa shape index (κ2) is 11.0. The number of amides is 2. The first-order valence-electron chi connectivity index (χ1n) is 6.44. The Hall–Kier alpha value is -1.14. The molecule has 0 aromatic carbocycles. The molecule has 0 aromatic rings. The molecule has 0 aromatic heterocycles. The van der Waals surface area contributed by atoms with Crippen molar-refractivity contribution in [3.63, 3.8) is 0 Å². The first kappa shape index (κ1) is 16.9. The molecule has 0 aliphatic rings. The number of aliphatic hydroxyl groups excluding tert-OH is 2. The van der Waals surface area contributed by atoms with Crippen molar-refractivity contribution < 1.29 is 19.8 Å². The number of carbonyl (C=O) groups excluding carboxylic acids is 2. The van der Waals surface area contributed by atoms with Crippen LogP contribution in [-0.4, -0.2) is 53.2 Å². The number of rotatable bonds is 10. The zero-order valence-corrected chi connectivity index (χ0v) is 10.8. The lowest BCUT2D eigenvalue weighted by atomic mass is 10.2. The monoisotopic (exact) mass is 260 g/mol. The van der Waals surface area contributed by atoms with E-state index >= 15 is 0 Å². The van der Waals surface area contributed by atoms with Crippen molar-refractivity contribution in [2.24, 2.45) is 5.73 Å². The number of carbonyl (C=O) groups is 2. The average molecular weight is 260 g/mol. The van der Waals surface area contributed by atoms with Gasteiger partial charge in [-0.25, -0.2) is 0 Å². The van der Waals surface area contributed by atoms with Crippen LogP contribution in [0.15, 0.2) is 0 Å². The fourth-order valence-electron chi connectivity index (χ4n) is 1.65. The highest BCUT2D eigenvalue weighted by molar-refractivity contribution is 6.34. The highest BCUT2D eigenvalue weighted by Crippen LogP contribution is 2.03. The quantitative estimate of drug-likeness (QED) is 0.368. The Balaban J connectivity index is 4.00. The van der Waals surface area contributed by atoms with Gasteiger partial charge in [0.2, 0.25) is 0 Å². The van der Waals surface area contributed by atoms with E-state index < -0.39 is 11.8 Å². The Bertz CT molecular complexity index is 234. The molecular weight excluding hydrogens is 236 g/mol. The van der Waals surface area contributed by atoms with Crippen LogP contribution in [0.1, 0.15) is 38.5 Å². The van der Waals surface area contributed by atoms with Gasteiger partial charge < -0.3 is 20.8 Å². The van der Waals surface area contributed by atoms with Gasteiger partial charge in [0, 0.05) is 26.3 Å². The molecule has 0 saturated heterocycles. The van der Waals surface area contributed by atoms with Crippen LogP contribution in [0.3, 0.4) is 0 Å². The molecule has 0 unspecified atom stereocenters. The van der Waals surface area contributed by atoms with Crippen molar-refractivity contribution in [2.45, 2.75) is 38.5 Å².